The van der Waals surface area contributed by atoms with E-state index in [4.69, 9.17) is 21.1 Å². The molecule has 22 heavy (non-hydrogen) atoms. The van der Waals surface area contributed by atoms with Gasteiger partial charge in [0, 0.05) is 5.56 Å². The van der Waals surface area contributed by atoms with E-state index in [1.807, 2.05) is 0 Å². The van der Waals surface area contributed by atoms with E-state index in [-0.39, 0.29) is 5.76 Å². The van der Waals surface area contributed by atoms with Crippen LogP contribution in [0.2, 0.25) is 5.02 Å². The maximum absolute atomic E-state index is 13.3. The number of carboxylic acid groups (broad SMARTS) is 1. The van der Waals surface area contributed by atoms with Gasteiger partial charge in [0.05, 0.1) is 7.11 Å². The molecule has 1 heterocycles. The summed E-state index contributed by atoms with van der Waals surface area (Å²) in [6, 6.07) is 8.42. The molecule has 1 aromatic heterocycles. The lowest BCUT2D eigenvalue weighted by atomic mass is 10.1. The first kappa shape index (κ1) is 15.7. The van der Waals surface area contributed by atoms with Gasteiger partial charge in [-0.3, -0.25) is 0 Å². The lowest BCUT2D eigenvalue weighted by molar-refractivity contribution is -0.135. The van der Waals surface area contributed by atoms with Crippen LogP contribution in [0.3, 0.4) is 0 Å². The quantitative estimate of drug-likeness (QED) is 0.517. The van der Waals surface area contributed by atoms with E-state index >= 15 is 0 Å². The number of methoxy groups -OCH3 is 1. The van der Waals surface area contributed by atoms with E-state index in [0.717, 1.165) is 6.33 Å². The number of ether oxygens (including phenoxy) is 2. The molecule has 1 N–H and O–H groups in total. The number of aliphatic carboxylic acids is 1. The molecule has 0 aliphatic rings. The van der Waals surface area contributed by atoms with Crippen molar-refractivity contribution in [2.75, 3.05) is 7.11 Å². The van der Waals surface area contributed by atoms with Gasteiger partial charge in [-0.05, 0) is 0 Å². The molecule has 6 nitrogen and oxygen atoms in total. The lowest BCUT2D eigenvalue weighted by Crippen LogP contribution is -2.13. The minimum atomic E-state index is -1.42. The third-order valence-electron chi connectivity index (χ3n) is 2.55. The zero-order chi connectivity index (χ0) is 16.1. The first-order valence-electron chi connectivity index (χ1n) is 5.95. The van der Waals surface area contributed by atoms with Crippen molar-refractivity contribution >= 4 is 23.3 Å². The molecule has 0 unspecified atom stereocenters. The van der Waals surface area contributed by atoms with E-state index < -0.39 is 28.6 Å². The average Bonchev–Trinajstić information content (AvgIpc) is 2.52. The summed E-state index contributed by atoms with van der Waals surface area (Å²) < 4.78 is 23.5. The Bertz CT molecular complexity index is 722. The van der Waals surface area contributed by atoms with Crippen LogP contribution >= 0.6 is 11.6 Å². The molecule has 0 saturated carbocycles. The van der Waals surface area contributed by atoms with Gasteiger partial charge in [-0.2, -0.15) is 9.37 Å². The maximum Gasteiger partial charge on any atom is 0.375 e. The zero-order valence-corrected chi connectivity index (χ0v) is 12.0. The number of hydrogen-bond acceptors (Lipinski definition) is 5. The van der Waals surface area contributed by atoms with Crippen LogP contribution in [0.15, 0.2) is 42.4 Å². The number of nitrogens with zero attached hydrogens (tertiary/aromatic N) is 2. The van der Waals surface area contributed by atoms with Crippen molar-refractivity contribution in [3.63, 3.8) is 0 Å². The number of rotatable bonds is 5. The Morgan fingerprint density at radius 3 is 2.55 bits per heavy atom. The van der Waals surface area contributed by atoms with Gasteiger partial charge >= 0.3 is 5.97 Å². The minimum Gasteiger partial charge on any atom is -0.492 e. The molecular weight excluding hydrogens is 315 g/mol. The van der Waals surface area contributed by atoms with Gasteiger partial charge in [0.1, 0.15) is 6.33 Å². The summed E-state index contributed by atoms with van der Waals surface area (Å²) in [4.78, 5) is 18.3. The van der Waals surface area contributed by atoms with E-state index in [9.17, 15) is 14.3 Å². The van der Waals surface area contributed by atoms with E-state index in [1.165, 1.54) is 7.11 Å². The van der Waals surface area contributed by atoms with Gasteiger partial charge in [-0.15, -0.1) is 0 Å². The van der Waals surface area contributed by atoms with Crippen molar-refractivity contribution in [1.29, 1.82) is 0 Å². The summed E-state index contributed by atoms with van der Waals surface area (Å²) >= 11 is 5.65. The molecule has 0 saturated heterocycles. The first-order valence-corrected chi connectivity index (χ1v) is 6.33. The van der Waals surface area contributed by atoms with Crippen LogP contribution < -0.4 is 4.74 Å². The van der Waals surface area contributed by atoms with Crippen LogP contribution in [0, 0.1) is 5.95 Å². The number of carboxylic acids is 1. The average molecular weight is 325 g/mol. The van der Waals surface area contributed by atoms with Crippen LogP contribution in [-0.4, -0.2) is 28.2 Å². The summed E-state index contributed by atoms with van der Waals surface area (Å²) in [5.74, 6) is -3.49. The SMILES string of the molecule is COC(=C(Oc1ncnc(F)c1Cl)C(=O)O)c1ccccc1. The molecular formula is C14H10ClFN2O4. The van der Waals surface area contributed by atoms with E-state index in [0.29, 0.717) is 5.56 Å². The predicted molar refractivity (Wildman–Crippen MR) is 75.6 cm³/mol. The summed E-state index contributed by atoms with van der Waals surface area (Å²) in [6.45, 7) is 0. The molecule has 0 aliphatic carbocycles. The largest absolute Gasteiger partial charge is 0.492 e. The molecule has 0 amide bonds. The molecule has 0 bridgehead atoms. The van der Waals surface area contributed by atoms with Gasteiger partial charge in [0.25, 0.3) is 5.76 Å². The Morgan fingerprint density at radius 1 is 1.27 bits per heavy atom. The molecule has 0 atom stereocenters. The highest BCUT2D eigenvalue weighted by Crippen LogP contribution is 2.27. The fraction of sp³-hybridized carbons (Fsp3) is 0.0714. The summed E-state index contributed by atoms with van der Waals surface area (Å²) in [5, 5.41) is 8.79. The molecule has 2 rings (SSSR count). The third-order valence-corrected chi connectivity index (χ3v) is 2.87. The smallest absolute Gasteiger partial charge is 0.375 e. The topological polar surface area (TPSA) is 81.5 Å². The van der Waals surface area contributed by atoms with Crippen LogP contribution in [0.1, 0.15) is 5.56 Å². The van der Waals surface area contributed by atoms with Crippen LogP contribution in [0.5, 0.6) is 5.88 Å². The van der Waals surface area contributed by atoms with Gasteiger partial charge in [-0.25, -0.2) is 9.78 Å². The number of hydrogen-bond donors (Lipinski definition) is 1. The molecule has 114 valence electrons. The summed E-state index contributed by atoms with van der Waals surface area (Å²) in [5.41, 5.74) is 0.466. The fourth-order valence-corrected chi connectivity index (χ4v) is 1.76. The van der Waals surface area contributed by atoms with Crippen LogP contribution in [0.25, 0.3) is 5.76 Å². The third kappa shape index (κ3) is 3.32. The second-order valence-corrected chi connectivity index (χ2v) is 4.30. The number of benzene rings is 1. The van der Waals surface area contributed by atoms with Crippen molar-refractivity contribution in [3.05, 3.63) is 59.0 Å². The molecule has 0 spiro atoms. The second-order valence-electron chi connectivity index (χ2n) is 3.92. The highest BCUT2D eigenvalue weighted by molar-refractivity contribution is 6.31. The van der Waals surface area contributed by atoms with Crippen molar-refractivity contribution < 1.29 is 23.8 Å². The van der Waals surface area contributed by atoms with Crippen molar-refractivity contribution in [1.82, 2.24) is 9.97 Å². The van der Waals surface area contributed by atoms with Gasteiger partial charge < -0.3 is 14.6 Å². The highest BCUT2D eigenvalue weighted by Gasteiger charge is 2.23. The van der Waals surface area contributed by atoms with Gasteiger partial charge in [0.15, 0.2) is 10.8 Å². The summed E-state index contributed by atoms with van der Waals surface area (Å²) in [6.07, 6.45) is 0.866. The maximum atomic E-state index is 13.3. The number of aromatic nitrogens is 2. The first-order chi connectivity index (χ1) is 10.5. The van der Waals surface area contributed by atoms with Crippen molar-refractivity contribution in [2.24, 2.45) is 0 Å². The fourth-order valence-electron chi connectivity index (χ4n) is 1.62. The van der Waals surface area contributed by atoms with Crippen molar-refractivity contribution in [2.45, 2.75) is 0 Å². The summed E-state index contributed by atoms with van der Waals surface area (Å²) in [7, 11) is 1.29. The van der Waals surface area contributed by atoms with E-state index in [2.05, 4.69) is 9.97 Å². The Kier molecular flexibility index (Phi) is 4.90. The molecule has 0 aliphatic heterocycles. The second kappa shape index (κ2) is 6.86. The number of halogens is 2. The Labute approximate surface area is 129 Å². The number of carbonyl (C=O) groups is 1. The Morgan fingerprint density at radius 2 is 1.95 bits per heavy atom. The Hall–Kier alpha value is -2.67. The zero-order valence-electron chi connectivity index (χ0n) is 11.3. The normalized spacial score (nSPS) is 11.6. The minimum absolute atomic E-state index is 0.0526. The van der Waals surface area contributed by atoms with E-state index in [1.54, 1.807) is 30.3 Å². The molecule has 0 fully saturated rings. The monoisotopic (exact) mass is 324 g/mol. The highest BCUT2D eigenvalue weighted by atomic mass is 35.5. The van der Waals surface area contributed by atoms with Gasteiger partial charge in [0.2, 0.25) is 11.8 Å². The van der Waals surface area contributed by atoms with Crippen LogP contribution in [-0.2, 0) is 9.53 Å². The van der Waals surface area contributed by atoms with Crippen LogP contribution in [0.4, 0.5) is 4.39 Å². The molecule has 0 radical (unpaired) electrons. The van der Waals surface area contributed by atoms with Crippen molar-refractivity contribution in [3.8, 4) is 5.88 Å². The lowest BCUT2D eigenvalue weighted by Gasteiger charge is -2.12. The van der Waals surface area contributed by atoms with Gasteiger partial charge in [-0.1, -0.05) is 41.9 Å². The predicted octanol–water partition coefficient (Wildman–Crippen LogP) is 2.75. The molecule has 2 aromatic rings. The molecule has 1 aromatic carbocycles. The molecule has 8 heteroatoms. The standard InChI is InChI=1S/C14H10ClFN2O4/c1-21-10(8-5-3-2-4-6-8)11(14(19)20)22-13-9(15)12(16)17-7-18-13/h2-7H,1H3,(H,19,20). The Balaban J connectivity index is 2.51.